The van der Waals surface area contributed by atoms with Gasteiger partial charge in [0, 0.05) is 17.8 Å². The maximum absolute atomic E-state index is 13.3. The van der Waals surface area contributed by atoms with Crippen LogP contribution in [0.5, 0.6) is 17.2 Å². The average Bonchev–Trinajstić information content (AvgIpc) is 2.80. The lowest BCUT2D eigenvalue weighted by molar-refractivity contribution is 0.286. The molecular formula is C23H20BrN3O4. The monoisotopic (exact) mass is 481 g/mol. The van der Waals surface area contributed by atoms with Crippen LogP contribution in [0.1, 0.15) is 11.4 Å². The van der Waals surface area contributed by atoms with Crippen LogP contribution in [0.2, 0.25) is 0 Å². The van der Waals surface area contributed by atoms with E-state index in [1.54, 1.807) is 43.3 Å². The molecule has 2 aromatic heterocycles. The van der Waals surface area contributed by atoms with Crippen LogP contribution in [0.15, 0.2) is 70.2 Å². The first-order valence-electron chi connectivity index (χ1n) is 9.52. The van der Waals surface area contributed by atoms with Crippen molar-refractivity contribution in [2.45, 2.75) is 13.2 Å². The van der Waals surface area contributed by atoms with E-state index in [2.05, 4.69) is 25.9 Å². The van der Waals surface area contributed by atoms with Crippen molar-refractivity contribution in [2.24, 2.45) is 0 Å². The van der Waals surface area contributed by atoms with E-state index in [0.29, 0.717) is 34.0 Å². The highest BCUT2D eigenvalue weighted by Gasteiger charge is 2.15. The molecule has 0 saturated carbocycles. The summed E-state index contributed by atoms with van der Waals surface area (Å²) in [6, 6.07) is 14.7. The summed E-state index contributed by atoms with van der Waals surface area (Å²) in [7, 11) is 3.18. The Bertz CT molecular complexity index is 1290. The molecule has 158 valence electrons. The molecule has 2 heterocycles. The summed E-state index contributed by atoms with van der Waals surface area (Å²) in [4.78, 5) is 22.1. The predicted molar refractivity (Wildman–Crippen MR) is 121 cm³/mol. The second kappa shape index (κ2) is 9.18. The fourth-order valence-electron chi connectivity index (χ4n) is 3.25. The van der Waals surface area contributed by atoms with Crippen molar-refractivity contribution in [2.75, 3.05) is 14.2 Å². The number of hydrogen-bond donors (Lipinski definition) is 0. The van der Waals surface area contributed by atoms with Crippen molar-refractivity contribution in [1.82, 2.24) is 14.5 Å². The minimum atomic E-state index is -0.170. The number of pyridine rings is 1. The molecule has 0 aliphatic carbocycles. The first-order valence-corrected chi connectivity index (χ1v) is 10.3. The molecule has 0 unspecified atom stereocenters. The van der Waals surface area contributed by atoms with Crippen LogP contribution in [0, 0.1) is 0 Å². The summed E-state index contributed by atoms with van der Waals surface area (Å²) in [5, 5.41) is 0.493. The van der Waals surface area contributed by atoms with Crippen molar-refractivity contribution < 1.29 is 14.2 Å². The van der Waals surface area contributed by atoms with Crippen LogP contribution in [-0.2, 0) is 13.2 Å². The van der Waals surface area contributed by atoms with E-state index < -0.39 is 0 Å². The van der Waals surface area contributed by atoms with Crippen molar-refractivity contribution in [3.8, 4) is 17.2 Å². The largest absolute Gasteiger partial charge is 0.497 e. The number of ether oxygens (including phenoxy) is 3. The molecule has 0 fully saturated rings. The Morgan fingerprint density at radius 3 is 2.65 bits per heavy atom. The summed E-state index contributed by atoms with van der Waals surface area (Å²) >= 11 is 3.48. The average molecular weight is 482 g/mol. The fraction of sp³-hybridized carbons (Fsp3) is 0.174. The maximum Gasteiger partial charge on any atom is 0.261 e. The Morgan fingerprint density at radius 1 is 1.03 bits per heavy atom. The third kappa shape index (κ3) is 4.39. The van der Waals surface area contributed by atoms with Crippen LogP contribution in [0.4, 0.5) is 0 Å². The van der Waals surface area contributed by atoms with Crippen LogP contribution >= 0.6 is 15.9 Å². The number of halogens is 1. The first-order chi connectivity index (χ1) is 15.1. The second-order valence-corrected chi connectivity index (χ2v) is 7.56. The van der Waals surface area contributed by atoms with E-state index in [1.165, 1.54) is 0 Å². The lowest BCUT2D eigenvalue weighted by Gasteiger charge is -2.16. The Morgan fingerprint density at radius 2 is 1.87 bits per heavy atom. The molecule has 8 heteroatoms. The zero-order chi connectivity index (χ0) is 21.8. The second-order valence-electron chi connectivity index (χ2n) is 6.71. The first kappa shape index (κ1) is 20.9. The lowest BCUT2D eigenvalue weighted by Crippen LogP contribution is -2.27. The van der Waals surface area contributed by atoms with Gasteiger partial charge in [-0.2, -0.15) is 0 Å². The molecule has 4 aromatic rings. The van der Waals surface area contributed by atoms with Gasteiger partial charge in [0.15, 0.2) is 5.82 Å². The molecule has 0 bridgehead atoms. The van der Waals surface area contributed by atoms with E-state index >= 15 is 0 Å². The van der Waals surface area contributed by atoms with Gasteiger partial charge in [0.1, 0.15) is 23.9 Å². The highest BCUT2D eigenvalue weighted by atomic mass is 79.9. The zero-order valence-corrected chi connectivity index (χ0v) is 18.6. The Hall–Kier alpha value is -3.39. The fourth-order valence-corrected chi connectivity index (χ4v) is 3.65. The maximum atomic E-state index is 13.3. The molecule has 7 nitrogen and oxygen atoms in total. The van der Waals surface area contributed by atoms with Crippen LogP contribution < -0.4 is 19.8 Å². The van der Waals surface area contributed by atoms with E-state index in [1.807, 2.05) is 36.4 Å². The molecule has 0 saturated heterocycles. The molecule has 31 heavy (non-hydrogen) atoms. The Kier molecular flexibility index (Phi) is 6.18. The predicted octanol–water partition coefficient (Wildman–Crippen LogP) is 4.20. The number of hydrogen-bond acceptors (Lipinski definition) is 6. The van der Waals surface area contributed by atoms with Gasteiger partial charge in [-0.3, -0.25) is 14.3 Å². The minimum absolute atomic E-state index is 0.112. The molecule has 0 atom stereocenters. The summed E-state index contributed by atoms with van der Waals surface area (Å²) in [6.07, 6.45) is 3.16. The molecule has 4 rings (SSSR count). The summed E-state index contributed by atoms with van der Waals surface area (Å²) in [5.41, 5.74) is 1.18. The molecule has 0 amide bonds. The summed E-state index contributed by atoms with van der Waals surface area (Å²) in [5.74, 6) is 2.45. The number of para-hydroxylation sites is 1. The minimum Gasteiger partial charge on any atom is -0.497 e. The van der Waals surface area contributed by atoms with E-state index in [9.17, 15) is 4.79 Å². The number of rotatable bonds is 7. The number of nitrogens with zero attached hydrogens (tertiary/aromatic N) is 3. The molecule has 0 aliphatic heterocycles. The molecule has 2 aromatic carbocycles. The number of fused-ring (bicyclic) bond motifs is 1. The van der Waals surface area contributed by atoms with Gasteiger partial charge in [0.25, 0.3) is 5.56 Å². The van der Waals surface area contributed by atoms with Gasteiger partial charge in [-0.25, -0.2) is 4.98 Å². The van der Waals surface area contributed by atoms with Crippen molar-refractivity contribution in [1.29, 1.82) is 0 Å². The third-order valence-electron chi connectivity index (χ3n) is 4.85. The van der Waals surface area contributed by atoms with Gasteiger partial charge >= 0.3 is 0 Å². The summed E-state index contributed by atoms with van der Waals surface area (Å²) < 4.78 is 19.2. The van der Waals surface area contributed by atoms with Gasteiger partial charge < -0.3 is 14.2 Å². The third-order valence-corrected chi connectivity index (χ3v) is 5.51. The number of benzene rings is 2. The Labute approximate surface area is 187 Å². The Balaban J connectivity index is 1.77. The normalized spacial score (nSPS) is 10.8. The summed E-state index contributed by atoms with van der Waals surface area (Å²) in [6.45, 7) is 0.382. The van der Waals surface area contributed by atoms with Crippen molar-refractivity contribution >= 4 is 26.8 Å². The van der Waals surface area contributed by atoms with E-state index in [0.717, 1.165) is 10.0 Å². The lowest BCUT2D eigenvalue weighted by atomic mass is 10.1. The molecule has 0 spiro atoms. The van der Waals surface area contributed by atoms with Crippen molar-refractivity contribution in [3.63, 3.8) is 0 Å². The van der Waals surface area contributed by atoms with Crippen molar-refractivity contribution in [3.05, 3.63) is 87.1 Å². The van der Waals surface area contributed by atoms with Gasteiger partial charge in [0.2, 0.25) is 0 Å². The van der Waals surface area contributed by atoms with Crippen LogP contribution in [-0.4, -0.2) is 28.8 Å². The highest BCUT2D eigenvalue weighted by molar-refractivity contribution is 9.10. The van der Waals surface area contributed by atoms with Gasteiger partial charge in [-0.05, 0) is 46.3 Å². The van der Waals surface area contributed by atoms with Gasteiger partial charge in [-0.1, -0.05) is 12.1 Å². The number of methoxy groups -OCH3 is 2. The standard InChI is InChI=1S/C23H20BrN3O4/c1-29-16-8-7-15(21(11-16)30-2)13-27-22(14-31-20-6-4-3-5-18(20)24)26-19-12-25-10-9-17(19)23(27)28/h3-12H,13-14H2,1-2H3. The number of aromatic nitrogens is 3. The van der Waals surface area contributed by atoms with Crippen LogP contribution in [0.25, 0.3) is 10.9 Å². The highest BCUT2D eigenvalue weighted by Crippen LogP contribution is 2.27. The quantitative estimate of drug-likeness (QED) is 0.393. The molecule has 0 N–H and O–H groups in total. The SMILES string of the molecule is COc1ccc(Cn2c(COc3ccccc3Br)nc3cnccc3c2=O)c(OC)c1. The topological polar surface area (TPSA) is 75.5 Å². The smallest absolute Gasteiger partial charge is 0.261 e. The zero-order valence-electron chi connectivity index (χ0n) is 17.0. The molecule has 0 radical (unpaired) electrons. The molecular weight excluding hydrogens is 462 g/mol. The van der Waals surface area contributed by atoms with E-state index in [4.69, 9.17) is 14.2 Å². The van der Waals surface area contributed by atoms with Gasteiger partial charge in [0.05, 0.1) is 42.3 Å². The molecule has 0 aliphatic rings. The van der Waals surface area contributed by atoms with E-state index in [-0.39, 0.29) is 18.7 Å². The van der Waals surface area contributed by atoms with Gasteiger partial charge in [-0.15, -0.1) is 0 Å². The van der Waals surface area contributed by atoms with Crippen LogP contribution in [0.3, 0.4) is 0 Å².